The molecule has 2 aromatic carbocycles. The third-order valence-electron chi connectivity index (χ3n) is 5.43. The Hall–Kier alpha value is -4.59. The van der Waals surface area contributed by atoms with Crippen molar-refractivity contribution in [3.8, 4) is 23.3 Å². The zero-order chi connectivity index (χ0) is 25.9. The summed E-state index contributed by atoms with van der Waals surface area (Å²) >= 11 is 0. The van der Waals surface area contributed by atoms with Gasteiger partial charge in [-0.05, 0) is 48.9 Å². The summed E-state index contributed by atoms with van der Waals surface area (Å²) in [6.07, 6.45) is -3.46. The van der Waals surface area contributed by atoms with E-state index in [1.165, 1.54) is 43.5 Å². The van der Waals surface area contributed by atoms with Crippen LogP contribution in [0.5, 0.6) is 17.2 Å². The lowest BCUT2D eigenvalue weighted by Gasteiger charge is -2.25. The van der Waals surface area contributed by atoms with E-state index in [0.717, 1.165) is 12.1 Å². The summed E-state index contributed by atoms with van der Waals surface area (Å²) in [5.74, 6) is -0.655. The predicted octanol–water partition coefficient (Wildman–Crippen LogP) is 5.06. The molecule has 1 aromatic heterocycles. The third kappa shape index (κ3) is 5.22. The molecule has 0 spiro atoms. The normalized spacial score (nSPS) is 14.6. The van der Waals surface area contributed by atoms with Gasteiger partial charge in [-0.25, -0.2) is 4.98 Å². The molecule has 11 heteroatoms. The van der Waals surface area contributed by atoms with E-state index >= 15 is 0 Å². The minimum absolute atomic E-state index is 0.0358. The van der Waals surface area contributed by atoms with Crippen LogP contribution in [0.25, 0.3) is 0 Å². The number of hydrogen-bond acceptors (Lipinski definition) is 7. The standard InChI is InChI=1S/C25H18F3N3O5/c1-34-24(33)18-8-9-35-21-11-20(15(12-29)10-19(18)21)36-17-5-2-14(3-6-17)23(32)31-22-7-4-16(13-30-22)25(26,27)28/h2-7,10-11,13,18H,8-9H2,1H3,(H,30,31,32). The van der Waals surface area contributed by atoms with E-state index < -0.39 is 29.5 Å². The lowest BCUT2D eigenvalue weighted by molar-refractivity contribution is -0.143. The number of hydrogen-bond donors (Lipinski definition) is 1. The number of alkyl halides is 3. The smallest absolute Gasteiger partial charge is 0.417 e. The number of nitrogens with zero attached hydrogens (tertiary/aromatic N) is 2. The highest BCUT2D eigenvalue weighted by atomic mass is 19.4. The first kappa shape index (κ1) is 24.5. The van der Waals surface area contributed by atoms with Gasteiger partial charge in [-0.3, -0.25) is 9.59 Å². The number of ether oxygens (including phenoxy) is 3. The quantitative estimate of drug-likeness (QED) is 0.491. The zero-order valence-electron chi connectivity index (χ0n) is 18.8. The average molecular weight is 497 g/mol. The molecule has 3 aromatic rings. The summed E-state index contributed by atoms with van der Waals surface area (Å²) in [5, 5.41) is 12.0. The van der Waals surface area contributed by atoms with Gasteiger partial charge in [0.2, 0.25) is 0 Å². The molecule has 1 N–H and O–H groups in total. The number of carbonyl (C=O) groups is 2. The molecule has 36 heavy (non-hydrogen) atoms. The van der Waals surface area contributed by atoms with Gasteiger partial charge < -0.3 is 19.5 Å². The first-order valence-electron chi connectivity index (χ1n) is 10.6. The number of nitrogens with one attached hydrogen (secondary N) is 1. The summed E-state index contributed by atoms with van der Waals surface area (Å²) in [6, 6.07) is 12.9. The molecule has 1 unspecified atom stereocenters. The molecule has 0 aliphatic carbocycles. The van der Waals surface area contributed by atoms with Crippen LogP contribution >= 0.6 is 0 Å². The molecule has 0 saturated heterocycles. The minimum Gasteiger partial charge on any atom is -0.493 e. The number of rotatable bonds is 5. The lowest BCUT2D eigenvalue weighted by atomic mass is 9.91. The Balaban J connectivity index is 1.48. The maximum absolute atomic E-state index is 12.7. The molecule has 4 rings (SSSR count). The monoisotopic (exact) mass is 497 g/mol. The lowest BCUT2D eigenvalue weighted by Crippen LogP contribution is -2.22. The van der Waals surface area contributed by atoms with Crippen molar-refractivity contribution < 1.29 is 37.0 Å². The van der Waals surface area contributed by atoms with Crippen molar-refractivity contribution >= 4 is 17.7 Å². The number of benzene rings is 2. The van der Waals surface area contributed by atoms with E-state index in [1.54, 1.807) is 0 Å². The van der Waals surface area contributed by atoms with Crippen LogP contribution in [-0.2, 0) is 15.7 Å². The molecular weight excluding hydrogens is 479 g/mol. The van der Waals surface area contributed by atoms with Crippen LogP contribution < -0.4 is 14.8 Å². The van der Waals surface area contributed by atoms with Gasteiger partial charge in [-0.2, -0.15) is 18.4 Å². The number of methoxy groups -OCH3 is 1. The van der Waals surface area contributed by atoms with Crippen molar-refractivity contribution in [1.82, 2.24) is 4.98 Å². The number of amides is 1. The Morgan fingerprint density at radius 2 is 1.92 bits per heavy atom. The first-order chi connectivity index (χ1) is 17.2. The number of pyridine rings is 1. The van der Waals surface area contributed by atoms with E-state index in [0.29, 0.717) is 36.3 Å². The van der Waals surface area contributed by atoms with Gasteiger partial charge in [0.1, 0.15) is 29.1 Å². The molecule has 1 amide bonds. The largest absolute Gasteiger partial charge is 0.493 e. The summed E-state index contributed by atoms with van der Waals surface area (Å²) in [4.78, 5) is 28.1. The Morgan fingerprint density at radius 1 is 1.17 bits per heavy atom. The number of nitriles is 1. The Morgan fingerprint density at radius 3 is 2.53 bits per heavy atom. The van der Waals surface area contributed by atoms with E-state index in [1.807, 2.05) is 6.07 Å². The first-order valence-corrected chi connectivity index (χ1v) is 10.6. The van der Waals surface area contributed by atoms with E-state index in [4.69, 9.17) is 14.2 Å². The number of fused-ring (bicyclic) bond motifs is 1. The number of halogens is 3. The summed E-state index contributed by atoms with van der Waals surface area (Å²) < 4.78 is 54.3. The van der Waals surface area contributed by atoms with Crippen LogP contribution in [0.1, 0.15) is 39.4 Å². The second-order valence-electron chi connectivity index (χ2n) is 7.72. The van der Waals surface area contributed by atoms with Gasteiger partial charge in [0.15, 0.2) is 0 Å². The molecule has 0 fully saturated rings. The van der Waals surface area contributed by atoms with Crippen LogP contribution in [0.3, 0.4) is 0 Å². The number of aromatic nitrogens is 1. The Bertz CT molecular complexity index is 1330. The van der Waals surface area contributed by atoms with E-state index in [2.05, 4.69) is 10.3 Å². The van der Waals surface area contributed by atoms with Gasteiger partial charge in [-0.15, -0.1) is 0 Å². The van der Waals surface area contributed by atoms with E-state index in [-0.39, 0.29) is 22.7 Å². The summed E-state index contributed by atoms with van der Waals surface area (Å²) in [5.41, 5.74) is 0.00984. The molecule has 0 bridgehead atoms. The zero-order valence-corrected chi connectivity index (χ0v) is 18.8. The predicted molar refractivity (Wildman–Crippen MR) is 120 cm³/mol. The molecule has 8 nitrogen and oxygen atoms in total. The van der Waals surface area contributed by atoms with E-state index in [9.17, 15) is 28.0 Å². The van der Waals surface area contributed by atoms with Gasteiger partial charge >= 0.3 is 12.1 Å². The van der Waals surface area contributed by atoms with Crippen molar-refractivity contribution in [3.63, 3.8) is 0 Å². The van der Waals surface area contributed by atoms with Crippen LogP contribution in [0.15, 0.2) is 54.7 Å². The fraction of sp³-hybridized carbons (Fsp3) is 0.200. The van der Waals surface area contributed by atoms with Gasteiger partial charge in [0, 0.05) is 23.4 Å². The van der Waals surface area contributed by atoms with Crippen molar-refractivity contribution in [2.45, 2.75) is 18.5 Å². The highest BCUT2D eigenvalue weighted by Gasteiger charge is 2.31. The van der Waals surface area contributed by atoms with Crippen molar-refractivity contribution in [1.29, 1.82) is 5.26 Å². The highest BCUT2D eigenvalue weighted by molar-refractivity contribution is 6.03. The second kappa shape index (κ2) is 9.95. The van der Waals surface area contributed by atoms with Crippen molar-refractivity contribution in [2.75, 3.05) is 19.0 Å². The third-order valence-corrected chi connectivity index (χ3v) is 5.43. The molecule has 1 atom stereocenters. The number of carbonyl (C=O) groups excluding carboxylic acids is 2. The maximum atomic E-state index is 12.7. The molecule has 0 saturated carbocycles. The van der Waals surface area contributed by atoms with Gasteiger partial charge in [0.05, 0.1) is 30.8 Å². The maximum Gasteiger partial charge on any atom is 0.417 e. The van der Waals surface area contributed by atoms with Crippen LogP contribution in [-0.4, -0.2) is 30.6 Å². The average Bonchev–Trinajstić information content (AvgIpc) is 2.87. The SMILES string of the molecule is COC(=O)C1CCOc2cc(Oc3ccc(C(=O)Nc4ccc(C(F)(F)F)cn4)cc3)c(C#N)cc21. The molecule has 1 aliphatic heterocycles. The summed E-state index contributed by atoms with van der Waals surface area (Å²) in [7, 11) is 1.30. The molecule has 2 heterocycles. The number of anilines is 1. The molecule has 1 aliphatic rings. The minimum atomic E-state index is -4.52. The van der Waals surface area contributed by atoms with Gasteiger partial charge in [-0.1, -0.05) is 0 Å². The van der Waals surface area contributed by atoms with Crippen LogP contribution in [0.4, 0.5) is 19.0 Å². The molecule has 184 valence electrons. The Labute approximate surface area is 203 Å². The highest BCUT2D eigenvalue weighted by Crippen LogP contribution is 2.40. The van der Waals surface area contributed by atoms with Crippen molar-refractivity contribution in [2.24, 2.45) is 0 Å². The van der Waals surface area contributed by atoms with Crippen molar-refractivity contribution in [3.05, 3.63) is 77.0 Å². The second-order valence-corrected chi connectivity index (χ2v) is 7.72. The fourth-order valence-corrected chi connectivity index (χ4v) is 3.60. The molecular formula is C25H18F3N3O5. The summed E-state index contributed by atoms with van der Waals surface area (Å²) in [6.45, 7) is 0.301. The van der Waals surface area contributed by atoms with Gasteiger partial charge in [0.25, 0.3) is 5.91 Å². The molecule has 0 radical (unpaired) electrons. The number of esters is 1. The van der Waals surface area contributed by atoms with Crippen LogP contribution in [0, 0.1) is 11.3 Å². The topological polar surface area (TPSA) is 111 Å². The fourth-order valence-electron chi connectivity index (χ4n) is 3.60. The Kier molecular flexibility index (Phi) is 6.78. The van der Waals surface area contributed by atoms with Crippen LogP contribution in [0.2, 0.25) is 0 Å².